The molecule has 1 aromatic rings. The van der Waals surface area contributed by atoms with Gasteiger partial charge in [-0.3, -0.25) is 0 Å². The summed E-state index contributed by atoms with van der Waals surface area (Å²) in [5, 5.41) is 16.9. The lowest BCUT2D eigenvalue weighted by Crippen LogP contribution is -2.52. The summed E-state index contributed by atoms with van der Waals surface area (Å²) in [6.45, 7) is 3.30. The van der Waals surface area contributed by atoms with Gasteiger partial charge in [-0.05, 0) is 43.7 Å². The summed E-state index contributed by atoms with van der Waals surface area (Å²) in [4.78, 5) is 1.24. The number of thioether (sulfide) groups is 1. The molecule has 0 aromatic heterocycles. The van der Waals surface area contributed by atoms with Crippen LogP contribution in [0.3, 0.4) is 0 Å². The fraction of sp³-hybridized carbons (Fsp3) is 0.600. The maximum absolute atomic E-state index is 10.3. The molecular weight excluding hydrogens is 272 g/mol. The van der Waals surface area contributed by atoms with Crippen molar-refractivity contribution in [3.8, 4) is 5.75 Å². The molecule has 0 spiro atoms. The first-order valence-corrected chi connectivity index (χ1v) is 8.11. The van der Waals surface area contributed by atoms with Crippen molar-refractivity contribution >= 4 is 11.8 Å². The van der Waals surface area contributed by atoms with Crippen LogP contribution in [0.15, 0.2) is 29.2 Å². The van der Waals surface area contributed by atoms with Crippen molar-refractivity contribution in [3.05, 3.63) is 24.3 Å². The van der Waals surface area contributed by atoms with E-state index >= 15 is 0 Å². The monoisotopic (exact) mass is 296 g/mol. The lowest BCUT2D eigenvalue weighted by atomic mass is 9.94. The molecule has 1 atom stereocenters. The van der Waals surface area contributed by atoms with E-state index in [1.54, 1.807) is 7.11 Å². The SMILES string of the molecule is COc1ccc(SCCNCC2(O)CCCNC2)cc1. The first-order valence-electron chi connectivity index (χ1n) is 7.13. The summed E-state index contributed by atoms with van der Waals surface area (Å²) in [5.41, 5.74) is -0.566. The Hall–Kier alpha value is -0.750. The van der Waals surface area contributed by atoms with Crippen LogP contribution in [-0.4, -0.2) is 49.7 Å². The molecule has 1 fully saturated rings. The molecule has 1 saturated heterocycles. The van der Waals surface area contributed by atoms with E-state index in [-0.39, 0.29) is 0 Å². The Kier molecular flexibility index (Phi) is 6.16. The molecule has 0 aliphatic carbocycles. The van der Waals surface area contributed by atoms with E-state index in [9.17, 15) is 5.11 Å². The maximum atomic E-state index is 10.3. The van der Waals surface area contributed by atoms with E-state index in [4.69, 9.17) is 4.74 Å². The molecule has 0 amide bonds. The van der Waals surface area contributed by atoms with Crippen LogP contribution >= 0.6 is 11.8 Å². The molecule has 1 unspecified atom stereocenters. The molecule has 5 heteroatoms. The van der Waals surface area contributed by atoms with Crippen molar-refractivity contribution in [1.29, 1.82) is 0 Å². The van der Waals surface area contributed by atoms with Crippen LogP contribution in [-0.2, 0) is 0 Å². The first-order chi connectivity index (χ1) is 9.72. The smallest absolute Gasteiger partial charge is 0.118 e. The third kappa shape index (κ3) is 4.98. The standard InChI is InChI=1S/C15H24N2O2S/c1-19-13-3-5-14(6-4-13)20-10-9-17-12-15(18)7-2-8-16-11-15/h3-6,16-18H,2,7-12H2,1H3. The van der Waals surface area contributed by atoms with E-state index in [2.05, 4.69) is 22.8 Å². The van der Waals surface area contributed by atoms with Crippen molar-refractivity contribution in [2.45, 2.75) is 23.3 Å². The molecule has 1 aliphatic heterocycles. The number of piperidine rings is 1. The van der Waals surface area contributed by atoms with Crippen LogP contribution in [0.4, 0.5) is 0 Å². The number of hydrogen-bond donors (Lipinski definition) is 3. The van der Waals surface area contributed by atoms with E-state index in [0.29, 0.717) is 13.1 Å². The van der Waals surface area contributed by atoms with Crippen molar-refractivity contribution in [1.82, 2.24) is 10.6 Å². The van der Waals surface area contributed by atoms with E-state index in [1.165, 1.54) is 4.90 Å². The number of benzene rings is 1. The lowest BCUT2D eigenvalue weighted by molar-refractivity contribution is 0.0177. The van der Waals surface area contributed by atoms with Gasteiger partial charge >= 0.3 is 0 Å². The van der Waals surface area contributed by atoms with Gasteiger partial charge in [0.25, 0.3) is 0 Å². The number of ether oxygens (including phenoxy) is 1. The second kappa shape index (κ2) is 7.88. The van der Waals surface area contributed by atoms with Gasteiger partial charge in [-0.2, -0.15) is 0 Å². The number of methoxy groups -OCH3 is 1. The molecule has 1 aromatic carbocycles. The predicted octanol–water partition coefficient (Wildman–Crippen LogP) is 1.49. The number of β-amino-alcohol motifs (C(OH)–C–C–N with tert-alkyl or cyclic N) is 1. The third-order valence-corrected chi connectivity index (χ3v) is 4.52. The topological polar surface area (TPSA) is 53.5 Å². The Labute approximate surface area is 125 Å². The molecule has 1 heterocycles. The largest absolute Gasteiger partial charge is 0.497 e. The van der Waals surface area contributed by atoms with Gasteiger partial charge in [0.1, 0.15) is 5.75 Å². The zero-order valence-electron chi connectivity index (χ0n) is 12.0. The fourth-order valence-corrected chi connectivity index (χ4v) is 3.15. The Morgan fingerprint density at radius 2 is 2.20 bits per heavy atom. The summed E-state index contributed by atoms with van der Waals surface area (Å²) in [5.74, 6) is 1.88. The lowest BCUT2D eigenvalue weighted by Gasteiger charge is -2.32. The molecule has 0 radical (unpaired) electrons. The molecule has 20 heavy (non-hydrogen) atoms. The minimum absolute atomic E-state index is 0.566. The highest BCUT2D eigenvalue weighted by Gasteiger charge is 2.28. The molecule has 0 bridgehead atoms. The van der Waals surface area contributed by atoms with Gasteiger partial charge in [-0.25, -0.2) is 0 Å². The minimum atomic E-state index is -0.566. The average molecular weight is 296 g/mol. The summed E-state index contributed by atoms with van der Waals surface area (Å²) in [7, 11) is 1.68. The quantitative estimate of drug-likeness (QED) is 0.526. The number of aliphatic hydroxyl groups is 1. The maximum Gasteiger partial charge on any atom is 0.118 e. The normalized spacial score (nSPS) is 22.7. The van der Waals surface area contributed by atoms with Gasteiger partial charge in [-0.1, -0.05) is 0 Å². The van der Waals surface area contributed by atoms with Crippen LogP contribution in [0.1, 0.15) is 12.8 Å². The van der Waals surface area contributed by atoms with Crippen LogP contribution in [0.25, 0.3) is 0 Å². The van der Waals surface area contributed by atoms with Crippen LogP contribution < -0.4 is 15.4 Å². The number of rotatable bonds is 7. The second-order valence-corrected chi connectivity index (χ2v) is 6.37. The summed E-state index contributed by atoms with van der Waals surface area (Å²) in [6, 6.07) is 8.10. The van der Waals surface area contributed by atoms with Crippen molar-refractivity contribution in [3.63, 3.8) is 0 Å². The van der Waals surface area contributed by atoms with Crippen molar-refractivity contribution < 1.29 is 9.84 Å². The van der Waals surface area contributed by atoms with Crippen LogP contribution in [0.2, 0.25) is 0 Å². The molecule has 0 saturated carbocycles. The van der Waals surface area contributed by atoms with Gasteiger partial charge in [0.05, 0.1) is 12.7 Å². The predicted molar refractivity (Wildman–Crippen MR) is 83.6 cm³/mol. The van der Waals surface area contributed by atoms with E-state index in [0.717, 1.165) is 37.4 Å². The molecule has 1 aliphatic rings. The molecule has 112 valence electrons. The summed E-state index contributed by atoms with van der Waals surface area (Å²) < 4.78 is 5.14. The Bertz CT molecular complexity index is 391. The molecule has 2 rings (SSSR count). The Balaban J connectivity index is 1.61. The van der Waals surface area contributed by atoms with Crippen LogP contribution in [0, 0.1) is 0 Å². The van der Waals surface area contributed by atoms with E-state index in [1.807, 2.05) is 23.9 Å². The van der Waals surface area contributed by atoms with Gasteiger partial charge in [-0.15, -0.1) is 11.8 Å². The number of hydrogen-bond acceptors (Lipinski definition) is 5. The van der Waals surface area contributed by atoms with Gasteiger partial charge in [0, 0.05) is 30.3 Å². The molecular formula is C15H24N2O2S. The van der Waals surface area contributed by atoms with Gasteiger partial charge < -0.3 is 20.5 Å². The third-order valence-electron chi connectivity index (χ3n) is 3.51. The Morgan fingerprint density at radius 3 is 2.85 bits per heavy atom. The highest BCUT2D eigenvalue weighted by Crippen LogP contribution is 2.20. The summed E-state index contributed by atoms with van der Waals surface area (Å²) >= 11 is 1.81. The highest BCUT2D eigenvalue weighted by molar-refractivity contribution is 7.99. The van der Waals surface area contributed by atoms with Gasteiger partial charge in [0.15, 0.2) is 0 Å². The van der Waals surface area contributed by atoms with Gasteiger partial charge in [0.2, 0.25) is 0 Å². The Morgan fingerprint density at radius 1 is 1.40 bits per heavy atom. The average Bonchev–Trinajstić information content (AvgIpc) is 2.48. The second-order valence-electron chi connectivity index (χ2n) is 5.21. The summed E-state index contributed by atoms with van der Waals surface area (Å²) in [6.07, 6.45) is 1.94. The zero-order chi connectivity index (χ0) is 14.3. The van der Waals surface area contributed by atoms with Crippen LogP contribution in [0.5, 0.6) is 5.75 Å². The van der Waals surface area contributed by atoms with Crippen molar-refractivity contribution in [2.24, 2.45) is 0 Å². The van der Waals surface area contributed by atoms with Crippen molar-refractivity contribution in [2.75, 3.05) is 39.0 Å². The minimum Gasteiger partial charge on any atom is -0.497 e. The molecule has 4 nitrogen and oxygen atoms in total. The zero-order valence-corrected chi connectivity index (χ0v) is 12.8. The first kappa shape index (κ1) is 15.6. The van der Waals surface area contributed by atoms with E-state index < -0.39 is 5.60 Å². The highest BCUT2D eigenvalue weighted by atomic mass is 32.2. The number of nitrogens with one attached hydrogen (secondary N) is 2. The fourth-order valence-electron chi connectivity index (χ4n) is 2.34. The molecule has 3 N–H and O–H groups in total.